The van der Waals surface area contributed by atoms with Gasteiger partial charge in [-0.25, -0.2) is 4.79 Å². The van der Waals surface area contributed by atoms with Crippen LogP contribution in [-0.2, 0) is 17.5 Å². The number of nitro groups is 1. The molecule has 156 valence electrons. The van der Waals surface area contributed by atoms with E-state index in [4.69, 9.17) is 14.0 Å². The molecular formula is C18H12F3N3O6. The monoisotopic (exact) mass is 423 g/mol. The number of carbonyl (C=O) groups is 1. The molecule has 30 heavy (non-hydrogen) atoms. The highest BCUT2D eigenvalue weighted by atomic mass is 19.4. The lowest BCUT2D eigenvalue weighted by molar-refractivity contribution is -0.384. The first-order chi connectivity index (χ1) is 14.2. The zero-order chi connectivity index (χ0) is 21.9. The molecule has 0 amide bonds. The number of ether oxygens (including phenoxy) is 2. The number of non-ortho nitro benzene ring substituents is 1. The Morgan fingerprint density at radius 3 is 2.50 bits per heavy atom. The fourth-order valence-electron chi connectivity index (χ4n) is 2.41. The van der Waals surface area contributed by atoms with Gasteiger partial charge in [0, 0.05) is 17.7 Å². The number of hydrogen-bond acceptors (Lipinski definition) is 8. The zero-order valence-electron chi connectivity index (χ0n) is 15.2. The van der Waals surface area contributed by atoms with Gasteiger partial charge in [0.15, 0.2) is 6.61 Å². The second-order valence-corrected chi connectivity index (χ2v) is 5.80. The molecule has 0 fully saturated rings. The molecule has 0 atom stereocenters. The molecule has 0 aliphatic rings. The van der Waals surface area contributed by atoms with Gasteiger partial charge in [0.2, 0.25) is 5.82 Å². The Kier molecular flexibility index (Phi) is 5.67. The normalized spacial score (nSPS) is 11.2. The van der Waals surface area contributed by atoms with Crippen LogP contribution in [0.5, 0.6) is 5.75 Å². The third kappa shape index (κ3) is 4.54. The fourth-order valence-corrected chi connectivity index (χ4v) is 2.41. The molecule has 1 heterocycles. The molecule has 3 aromatic rings. The van der Waals surface area contributed by atoms with Crippen LogP contribution in [0.1, 0.15) is 21.8 Å². The highest BCUT2D eigenvalue weighted by Gasteiger charge is 2.30. The minimum Gasteiger partial charge on any atom is -0.496 e. The fraction of sp³-hybridized carbons (Fsp3) is 0.167. The number of halogens is 3. The lowest BCUT2D eigenvalue weighted by Gasteiger charge is -2.07. The summed E-state index contributed by atoms with van der Waals surface area (Å²) in [5, 5.41) is 14.5. The van der Waals surface area contributed by atoms with Gasteiger partial charge in [-0.15, -0.1) is 0 Å². The summed E-state index contributed by atoms with van der Waals surface area (Å²) in [5.74, 6) is -0.975. The van der Waals surface area contributed by atoms with Crippen molar-refractivity contribution in [3.63, 3.8) is 0 Å². The summed E-state index contributed by atoms with van der Waals surface area (Å²) in [6.45, 7) is -0.460. The molecule has 0 bridgehead atoms. The largest absolute Gasteiger partial charge is 0.496 e. The molecule has 0 saturated heterocycles. The van der Waals surface area contributed by atoms with Crippen molar-refractivity contribution in [3.8, 4) is 17.1 Å². The van der Waals surface area contributed by atoms with Gasteiger partial charge in [0.1, 0.15) is 11.3 Å². The Labute approximate surface area is 166 Å². The van der Waals surface area contributed by atoms with Crippen LogP contribution in [-0.4, -0.2) is 28.1 Å². The van der Waals surface area contributed by atoms with E-state index in [-0.39, 0.29) is 34.3 Å². The van der Waals surface area contributed by atoms with Crippen molar-refractivity contribution in [1.82, 2.24) is 10.1 Å². The average Bonchev–Trinajstić information content (AvgIpc) is 3.20. The predicted octanol–water partition coefficient (Wildman–Crippen LogP) is 4.03. The molecule has 0 saturated carbocycles. The minimum atomic E-state index is -4.47. The number of rotatable bonds is 6. The van der Waals surface area contributed by atoms with Crippen LogP contribution in [0.3, 0.4) is 0 Å². The molecule has 0 unspecified atom stereocenters. The molecular weight excluding hydrogens is 411 g/mol. The van der Waals surface area contributed by atoms with Crippen LogP contribution in [0.4, 0.5) is 18.9 Å². The van der Waals surface area contributed by atoms with E-state index in [1.165, 1.54) is 31.4 Å². The first-order valence-corrected chi connectivity index (χ1v) is 8.19. The SMILES string of the molecule is COc1ccc([N+](=O)[O-])cc1C(=O)OCc1nc(-c2ccc(C(F)(F)F)cc2)no1. The zero-order valence-corrected chi connectivity index (χ0v) is 15.2. The molecule has 3 rings (SSSR count). The maximum absolute atomic E-state index is 12.6. The van der Waals surface area contributed by atoms with Crippen molar-refractivity contribution in [2.24, 2.45) is 0 Å². The van der Waals surface area contributed by atoms with Crippen LogP contribution in [0.15, 0.2) is 47.0 Å². The molecule has 12 heteroatoms. The summed E-state index contributed by atoms with van der Waals surface area (Å²) in [4.78, 5) is 26.4. The number of benzene rings is 2. The quantitative estimate of drug-likeness (QED) is 0.331. The molecule has 9 nitrogen and oxygen atoms in total. The third-order valence-corrected chi connectivity index (χ3v) is 3.88. The van der Waals surface area contributed by atoms with Crippen LogP contribution in [0.25, 0.3) is 11.4 Å². The Morgan fingerprint density at radius 1 is 1.20 bits per heavy atom. The molecule has 0 aliphatic heterocycles. The van der Waals surface area contributed by atoms with E-state index in [2.05, 4.69) is 10.1 Å². The van der Waals surface area contributed by atoms with E-state index in [1.54, 1.807) is 0 Å². The van der Waals surface area contributed by atoms with Crippen LogP contribution < -0.4 is 4.74 Å². The second kappa shape index (κ2) is 8.19. The maximum Gasteiger partial charge on any atom is 0.416 e. The third-order valence-electron chi connectivity index (χ3n) is 3.88. The summed E-state index contributed by atoms with van der Waals surface area (Å²) in [5.41, 5.74) is -1.06. The van der Waals surface area contributed by atoms with Crippen molar-refractivity contribution < 1.29 is 36.9 Å². The standard InChI is InChI=1S/C18H12F3N3O6/c1-28-14-7-6-12(24(26)27)8-13(14)17(25)29-9-15-22-16(23-30-15)10-2-4-11(5-3-10)18(19,20)21/h2-8H,9H2,1H3. The van der Waals surface area contributed by atoms with Gasteiger partial charge < -0.3 is 14.0 Å². The van der Waals surface area contributed by atoms with Crippen LogP contribution in [0.2, 0.25) is 0 Å². The van der Waals surface area contributed by atoms with Crippen molar-refractivity contribution in [3.05, 3.63) is 69.6 Å². The van der Waals surface area contributed by atoms with Gasteiger partial charge in [-0.1, -0.05) is 17.3 Å². The van der Waals surface area contributed by atoms with Crippen molar-refractivity contribution in [1.29, 1.82) is 0 Å². The summed E-state index contributed by atoms with van der Waals surface area (Å²) >= 11 is 0. The number of methoxy groups -OCH3 is 1. The summed E-state index contributed by atoms with van der Waals surface area (Å²) in [6.07, 6.45) is -4.47. The molecule has 2 aromatic carbocycles. The minimum absolute atomic E-state index is 0.00250. The van der Waals surface area contributed by atoms with E-state index in [9.17, 15) is 28.1 Å². The molecule has 1 aromatic heterocycles. The molecule has 0 aliphatic carbocycles. The first-order valence-electron chi connectivity index (χ1n) is 8.19. The van der Waals surface area contributed by atoms with Crippen LogP contribution >= 0.6 is 0 Å². The van der Waals surface area contributed by atoms with Crippen LogP contribution in [0, 0.1) is 10.1 Å². The van der Waals surface area contributed by atoms with E-state index >= 15 is 0 Å². The Morgan fingerprint density at radius 2 is 1.90 bits per heavy atom. The van der Waals surface area contributed by atoms with E-state index in [0.717, 1.165) is 18.2 Å². The number of carbonyl (C=O) groups excluding carboxylic acids is 1. The smallest absolute Gasteiger partial charge is 0.416 e. The number of nitrogens with zero attached hydrogens (tertiary/aromatic N) is 3. The van der Waals surface area contributed by atoms with Crippen molar-refractivity contribution >= 4 is 11.7 Å². The van der Waals surface area contributed by atoms with Crippen molar-refractivity contribution in [2.75, 3.05) is 7.11 Å². The lowest BCUT2D eigenvalue weighted by Crippen LogP contribution is -2.08. The van der Waals surface area contributed by atoms with Gasteiger partial charge in [0.05, 0.1) is 17.6 Å². The van der Waals surface area contributed by atoms with E-state index in [1.807, 2.05) is 0 Å². The Bertz CT molecular complexity index is 1080. The number of alkyl halides is 3. The van der Waals surface area contributed by atoms with E-state index < -0.39 is 29.2 Å². The van der Waals surface area contributed by atoms with Gasteiger partial charge in [0.25, 0.3) is 11.6 Å². The van der Waals surface area contributed by atoms with Crippen molar-refractivity contribution in [2.45, 2.75) is 12.8 Å². The van der Waals surface area contributed by atoms with Gasteiger partial charge in [-0.05, 0) is 18.2 Å². The second-order valence-electron chi connectivity index (χ2n) is 5.80. The highest BCUT2D eigenvalue weighted by molar-refractivity contribution is 5.93. The summed E-state index contributed by atoms with van der Waals surface area (Å²) in [7, 11) is 1.28. The first kappa shape index (κ1) is 20.8. The Balaban J connectivity index is 1.71. The number of hydrogen-bond donors (Lipinski definition) is 0. The van der Waals surface area contributed by atoms with Gasteiger partial charge in [-0.3, -0.25) is 10.1 Å². The number of esters is 1. The Hall–Kier alpha value is -3.96. The van der Waals surface area contributed by atoms with Gasteiger partial charge >= 0.3 is 12.1 Å². The molecule has 0 radical (unpaired) electrons. The number of nitro benzene ring substituents is 1. The predicted molar refractivity (Wildman–Crippen MR) is 93.5 cm³/mol. The topological polar surface area (TPSA) is 118 Å². The lowest BCUT2D eigenvalue weighted by atomic mass is 10.1. The van der Waals surface area contributed by atoms with Gasteiger partial charge in [-0.2, -0.15) is 18.2 Å². The number of aromatic nitrogens is 2. The average molecular weight is 423 g/mol. The highest BCUT2D eigenvalue weighted by Crippen LogP contribution is 2.30. The summed E-state index contributed by atoms with van der Waals surface area (Å²) < 4.78 is 52.8. The molecule has 0 N–H and O–H groups in total. The molecule has 0 spiro atoms. The summed E-state index contributed by atoms with van der Waals surface area (Å²) in [6, 6.07) is 7.53. The van der Waals surface area contributed by atoms with E-state index in [0.29, 0.717) is 0 Å². The maximum atomic E-state index is 12.6.